The molecule has 2 amide bonds. The van der Waals surface area contributed by atoms with Gasteiger partial charge in [-0.2, -0.15) is 0 Å². The van der Waals surface area contributed by atoms with Crippen LogP contribution in [0.5, 0.6) is 0 Å². The molecular formula is C23H35N3O4. The topological polar surface area (TPSA) is 71.1 Å². The predicted octanol–water partition coefficient (Wildman–Crippen LogP) is 3.69. The number of carbonyl (C=O) groups excluding carboxylic acids is 2. The largest absolute Gasteiger partial charge is 0.443 e. The maximum Gasteiger partial charge on any atom is 0.418 e. The third-order valence-corrected chi connectivity index (χ3v) is 6.14. The molecule has 1 N–H and O–H groups in total. The lowest BCUT2D eigenvalue weighted by Gasteiger charge is -2.45. The summed E-state index contributed by atoms with van der Waals surface area (Å²) in [5.74, 6) is 0.00762. The van der Waals surface area contributed by atoms with Crippen LogP contribution in [0.3, 0.4) is 0 Å². The van der Waals surface area contributed by atoms with E-state index in [1.54, 1.807) is 19.5 Å². The van der Waals surface area contributed by atoms with Crippen LogP contribution in [0.15, 0.2) is 36.3 Å². The van der Waals surface area contributed by atoms with Gasteiger partial charge in [-0.3, -0.25) is 9.69 Å². The molecule has 166 valence electrons. The number of amides is 2. The molecule has 0 radical (unpaired) electrons. The molecule has 0 bridgehead atoms. The molecule has 7 heteroatoms. The first-order chi connectivity index (χ1) is 14.1. The van der Waals surface area contributed by atoms with Crippen LogP contribution >= 0.6 is 0 Å². The smallest absolute Gasteiger partial charge is 0.418 e. The molecule has 1 aliphatic carbocycles. The first-order valence-corrected chi connectivity index (χ1v) is 10.8. The molecule has 0 aromatic heterocycles. The number of likely N-dealkylation sites (tertiary alicyclic amines) is 1. The van der Waals surface area contributed by atoms with Crippen LogP contribution in [0.4, 0.5) is 4.79 Å². The highest BCUT2D eigenvalue weighted by atomic mass is 16.6. The second-order valence-electron chi connectivity index (χ2n) is 9.69. The van der Waals surface area contributed by atoms with Crippen molar-refractivity contribution in [2.75, 3.05) is 20.2 Å². The summed E-state index contributed by atoms with van der Waals surface area (Å²) in [4.78, 5) is 28.9. The van der Waals surface area contributed by atoms with E-state index < -0.39 is 17.3 Å². The van der Waals surface area contributed by atoms with E-state index in [1.165, 1.54) is 11.3 Å². The number of carbonyl (C=O) groups is 2. The molecule has 1 saturated carbocycles. The fourth-order valence-electron chi connectivity index (χ4n) is 4.01. The van der Waals surface area contributed by atoms with E-state index >= 15 is 0 Å². The Kier molecular flexibility index (Phi) is 6.32. The van der Waals surface area contributed by atoms with Gasteiger partial charge in [0, 0.05) is 56.7 Å². The Balaban J connectivity index is 1.59. The van der Waals surface area contributed by atoms with Gasteiger partial charge in [-0.25, -0.2) is 4.79 Å². The van der Waals surface area contributed by atoms with E-state index in [9.17, 15) is 9.59 Å². The molecule has 7 nitrogen and oxygen atoms in total. The zero-order valence-corrected chi connectivity index (χ0v) is 18.9. The fourth-order valence-corrected chi connectivity index (χ4v) is 4.01. The van der Waals surface area contributed by atoms with E-state index in [2.05, 4.69) is 17.1 Å². The van der Waals surface area contributed by atoms with Gasteiger partial charge in [0.1, 0.15) is 11.2 Å². The van der Waals surface area contributed by atoms with Crippen LogP contribution < -0.4 is 5.32 Å². The average molecular weight is 418 g/mol. The monoisotopic (exact) mass is 417 g/mol. The van der Waals surface area contributed by atoms with Gasteiger partial charge in [0.15, 0.2) is 0 Å². The Labute approximate surface area is 179 Å². The van der Waals surface area contributed by atoms with Crippen molar-refractivity contribution in [1.29, 1.82) is 0 Å². The molecule has 0 atom stereocenters. The second-order valence-corrected chi connectivity index (χ2v) is 9.69. The third-order valence-electron chi connectivity index (χ3n) is 6.14. The minimum absolute atomic E-state index is 0.00762. The lowest BCUT2D eigenvalue weighted by Crippen LogP contribution is -2.61. The second kappa shape index (κ2) is 8.46. The lowest BCUT2D eigenvalue weighted by molar-refractivity contribution is -0.151. The number of ether oxygens (including phenoxy) is 2. The van der Waals surface area contributed by atoms with E-state index in [1.807, 2.05) is 39.0 Å². The zero-order valence-electron chi connectivity index (χ0n) is 18.9. The highest BCUT2D eigenvalue weighted by molar-refractivity contribution is 5.86. The van der Waals surface area contributed by atoms with Crippen molar-refractivity contribution >= 4 is 12.0 Å². The van der Waals surface area contributed by atoms with Crippen LogP contribution in [-0.2, 0) is 14.3 Å². The molecule has 0 aromatic rings. The van der Waals surface area contributed by atoms with Gasteiger partial charge in [-0.1, -0.05) is 0 Å². The number of nitrogens with one attached hydrogen (secondary N) is 1. The van der Waals surface area contributed by atoms with Crippen LogP contribution in [0.1, 0.15) is 59.8 Å². The van der Waals surface area contributed by atoms with Gasteiger partial charge in [0.05, 0.1) is 0 Å². The summed E-state index contributed by atoms with van der Waals surface area (Å²) < 4.78 is 11.2. The summed E-state index contributed by atoms with van der Waals surface area (Å²) in [6, 6.07) is 0. The zero-order chi connectivity index (χ0) is 22.0. The predicted molar refractivity (Wildman–Crippen MR) is 115 cm³/mol. The van der Waals surface area contributed by atoms with Gasteiger partial charge in [-0.15, -0.1) is 0 Å². The van der Waals surface area contributed by atoms with E-state index in [-0.39, 0.29) is 11.4 Å². The summed E-state index contributed by atoms with van der Waals surface area (Å²) in [6.07, 6.45) is 13.2. The minimum Gasteiger partial charge on any atom is -0.443 e. The number of methoxy groups -OCH3 is 1. The number of rotatable bonds is 4. The highest BCUT2D eigenvalue weighted by Crippen LogP contribution is 2.34. The number of allylic oxidation sites excluding steroid dienone is 3. The van der Waals surface area contributed by atoms with Gasteiger partial charge in [-0.05, 0) is 65.2 Å². The molecule has 1 saturated heterocycles. The molecule has 2 fully saturated rings. The highest BCUT2D eigenvalue weighted by Gasteiger charge is 2.45. The van der Waals surface area contributed by atoms with Crippen molar-refractivity contribution in [3.05, 3.63) is 36.3 Å². The van der Waals surface area contributed by atoms with Crippen molar-refractivity contribution < 1.29 is 19.1 Å². The quantitative estimate of drug-likeness (QED) is 0.755. The van der Waals surface area contributed by atoms with Crippen LogP contribution in [-0.4, -0.2) is 58.7 Å². The van der Waals surface area contributed by atoms with E-state index in [4.69, 9.17) is 9.47 Å². The minimum atomic E-state index is -0.775. The maximum atomic E-state index is 13.0. The van der Waals surface area contributed by atoms with Crippen molar-refractivity contribution in [3.8, 4) is 0 Å². The summed E-state index contributed by atoms with van der Waals surface area (Å²) in [7, 11) is 1.63. The van der Waals surface area contributed by atoms with Crippen LogP contribution in [0, 0.1) is 0 Å². The number of nitrogens with zero attached hydrogens (tertiary/aromatic N) is 2. The fraction of sp³-hybridized carbons (Fsp3) is 0.652. The van der Waals surface area contributed by atoms with E-state index in [0.29, 0.717) is 25.9 Å². The Bertz CT molecular complexity index is 751. The summed E-state index contributed by atoms with van der Waals surface area (Å²) in [5, 5.41) is 3.22. The van der Waals surface area contributed by atoms with Gasteiger partial charge in [0.25, 0.3) is 5.91 Å². The molecular weight excluding hydrogens is 382 g/mol. The van der Waals surface area contributed by atoms with Gasteiger partial charge < -0.3 is 19.7 Å². The third kappa shape index (κ3) is 5.06. The number of hydrogen-bond donors (Lipinski definition) is 1. The van der Waals surface area contributed by atoms with Crippen LogP contribution in [0.25, 0.3) is 0 Å². The number of hydrogen-bond acceptors (Lipinski definition) is 5. The van der Waals surface area contributed by atoms with E-state index in [0.717, 1.165) is 18.5 Å². The molecule has 0 spiro atoms. The Morgan fingerprint density at radius 1 is 1.10 bits per heavy atom. The van der Waals surface area contributed by atoms with Crippen molar-refractivity contribution in [2.45, 2.75) is 76.5 Å². The normalized spacial score (nSPS) is 22.6. The van der Waals surface area contributed by atoms with Crippen molar-refractivity contribution in [2.24, 2.45) is 0 Å². The summed E-state index contributed by atoms with van der Waals surface area (Å²) >= 11 is 0. The van der Waals surface area contributed by atoms with Gasteiger partial charge >= 0.3 is 6.09 Å². The Morgan fingerprint density at radius 2 is 1.77 bits per heavy atom. The molecule has 2 heterocycles. The molecule has 30 heavy (non-hydrogen) atoms. The standard InChI is InChI=1S/C23H35N3O4/c1-21(2,3)30-20(28)26-14-6-8-18(9-15-26)25-16-12-23(29-5,13-17-25)19(27)24-22(4)10-7-11-22/h6,8-9,14-15H,7,10-13,16-17H2,1-5H3,(H,24,27). The first kappa shape index (κ1) is 22.4. The van der Waals surface area contributed by atoms with Gasteiger partial charge in [0.2, 0.25) is 0 Å². The first-order valence-electron chi connectivity index (χ1n) is 10.8. The molecule has 0 unspecified atom stereocenters. The lowest BCUT2D eigenvalue weighted by atomic mass is 9.77. The van der Waals surface area contributed by atoms with Crippen molar-refractivity contribution in [1.82, 2.24) is 15.1 Å². The number of piperidine rings is 1. The average Bonchev–Trinajstić information content (AvgIpc) is 2.91. The Morgan fingerprint density at radius 3 is 2.30 bits per heavy atom. The molecule has 3 aliphatic rings. The SMILES string of the molecule is COC1(C(=O)NC2(C)CCC2)CCN(C2=CC=CN(C(=O)OC(C)(C)C)C=C2)CC1. The summed E-state index contributed by atoms with van der Waals surface area (Å²) in [5.41, 5.74) is -0.409. The molecule has 2 aliphatic heterocycles. The molecule has 3 rings (SSSR count). The van der Waals surface area contributed by atoms with Crippen LogP contribution in [0.2, 0.25) is 0 Å². The Hall–Kier alpha value is -2.28. The maximum absolute atomic E-state index is 13.0. The summed E-state index contributed by atoms with van der Waals surface area (Å²) in [6.45, 7) is 9.05. The molecule has 0 aromatic carbocycles. The van der Waals surface area contributed by atoms with Crippen molar-refractivity contribution in [3.63, 3.8) is 0 Å².